The molecule has 2 bridgehead atoms. The van der Waals surface area contributed by atoms with Gasteiger partial charge in [0.05, 0.1) is 30.0 Å². The fraction of sp³-hybridized carbons (Fsp3) is 0.744. The Morgan fingerprint density at radius 3 is 2.04 bits per heavy atom. The average Bonchev–Trinajstić information content (AvgIpc) is 3.31. The first kappa shape index (κ1) is 35.7. The molecule has 0 amide bonds. The predicted molar refractivity (Wildman–Crippen MR) is 193 cm³/mol. The fourth-order valence-corrected chi connectivity index (χ4v) is 15.9. The zero-order valence-corrected chi connectivity index (χ0v) is 33.7. The molecule has 1 spiro atoms. The van der Waals surface area contributed by atoms with Crippen LogP contribution in [-0.2, 0) is 22.8 Å². The molecule has 6 nitrogen and oxygen atoms in total. The van der Waals surface area contributed by atoms with E-state index >= 15 is 0 Å². The van der Waals surface area contributed by atoms with Crippen molar-refractivity contribution in [3.8, 4) is 0 Å². The van der Waals surface area contributed by atoms with E-state index in [4.69, 9.17) is 22.8 Å². The number of aliphatic hydroxyl groups is 1. The highest BCUT2D eigenvalue weighted by Crippen LogP contribution is 2.68. The summed E-state index contributed by atoms with van der Waals surface area (Å²) in [5, 5.41) is 11.7. The van der Waals surface area contributed by atoms with Gasteiger partial charge in [-0.05, 0) is 61.0 Å². The predicted octanol–water partition coefficient (Wildman–Crippen LogP) is 9.66. The van der Waals surface area contributed by atoms with Crippen LogP contribution in [0.3, 0.4) is 0 Å². The van der Waals surface area contributed by atoms with Gasteiger partial charge in [0.2, 0.25) is 0 Å². The number of aliphatic hydroxyl groups excluding tert-OH is 1. The van der Waals surface area contributed by atoms with Crippen LogP contribution in [0, 0.1) is 5.41 Å². The van der Waals surface area contributed by atoms with Gasteiger partial charge in [0.1, 0.15) is 6.10 Å². The van der Waals surface area contributed by atoms with Crippen molar-refractivity contribution in [1.29, 1.82) is 0 Å². The van der Waals surface area contributed by atoms with Gasteiger partial charge in [-0.15, -0.1) is 0 Å². The van der Waals surface area contributed by atoms with Crippen molar-refractivity contribution in [1.82, 2.24) is 0 Å². The summed E-state index contributed by atoms with van der Waals surface area (Å²) >= 11 is 0. The average molecular weight is 683 g/mol. The van der Waals surface area contributed by atoms with Crippen molar-refractivity contribution in [3.63, 3.8) is 0 Å². The van der Waals surface area contributed by atoms with Crippen molar-refractivity contribution in [2.75, 3.05) is 0 Å². The maximum absolute atomic E-state index is 12.1. The summed E-state index contributed by atoms with van der Waals surface area (Å²) in [4.78, 5) is 0. The lowest BCUT2D eigenvalue weighted by molar-refractivity contribution is -0.228. The molecule has 2 fully saturated rings. The van der Waals surface area contributed by atoms with Crippen molar-refractivity contribution in [3.05, 3.63) is 58.2 Å². The molecule has 0 radical (unpaired) electrons. The lowest BCUT2D eigenvalue weighted by Gasteiger charge is -2.59. The van der Waals surface area contributed by atoms with Gasteiger partial charge < -0.3 is 27.9 Å². The third kappa shape index (κ3) is 5.30. The molecule has 2 saturated heterocycles. The number of hydrogen-bond acceptors (Lipinski definition) is 6. The van der Waals surface area contributed by atoms with Gasteiger partial charge in [-0.1, -0.05) is 112 Å². The molecule has 1 aromatic rings. The normalized spacial score (nSPS) is 35.6. The Hall–Kier alpha value is -1.11. The Kier molecular flexibility index (Phi) is 8.51. The Bertz CT molecular complexity index is 1430. The Labute approximate surface area is 287 Å². The molecule has 6 rings (SSSR count). The molecule has 0 aromatic heterocycles. The van der Waals surface area contributed by atoms with Crippen LogP contribution < -0.4 is 0 Å². The summed E-state index contributed by atoms with van der Waals surface area (Å²) in [6.07, 6.45) is 0.712. The second-order valence-corrected chi connectivity index (χ2v) is 28.6. The molecule has 1 N–H and O–H groups in total. The van der Waals surface area contributed by atoms with Crippen LogP contribution in [0.15, 0.2) is 52.6 Å². The second-order valence-electron chi connectivity index (χ2n) is 19.2. The van der Waals surface area contributed by atoms with E-state index in [1.165, 1.54) is 11.1 Å². The van der Waals surface area contributed by atoms with Gasteiger partial charge in [-0.25, -0.2) is 0 Å². The highest BCUT2D eigenvalue weighted by atomic mass is 28.4. The molecule has 2 heterocycles. The summed E-state index contributed by atoms with van der Waals surface area (Å²) in [6.45, 7) is 32.4. The van der Waals surface area contributed by atoms with Crippen molar-refractivity contribution in [2.45, 2.75) is 179 Å². The van der Waals surface area contributed by atoms with E-state index in [0.717, 1.165) is 23.1 Å². The third-order valence-corrected chi connectivity index (χ3v) is 22.6. The number of benzene rings is 1. The topological polar surface area (TPSA) is 66.4 Å². The first-order valence-electron chi connectivity index (χ1n) is 18.0. The minimum Gasteiger partial charge on any atom is -0.410 e. The van der Waals surface area contributed by atoms with Gasteiger partial charge in [-0.2, -0.15) is 0 Å². The molecule has 0 saturated carbocycles. The Morgan fingerprint density at radius 1 is 0.872 bits per heavy atom. The van der Waals surface area contributed by atoms with E-state index in [2.05, 4.69) is 108 Å². The van der Waals surface area contributed by atoms with Crippen LogP contribution in [0.1, 0.15) is 121 Å². The lowest BCUT2D eigenvalue weighted by Crippen LogP contribution is -2.64. The van der Waals surface area contributed by atoms with Crippen LogP contribution >= 0.6 is 0 Å². The molecule has 5 aliphatic rings. The fourth-order valence-electron chi connectivity index (χ4n) is 9.38. The molecule has 8 heteroatoms. The van der Waals surface area contributed by atoms with Crippen LogP contribution in [0.5, 0.6) is 0 Å². The molecule has 262 valence electrons. The maximum atomic E-state index is 12.1. The maximum Gasteiger partial charge on any atom is 0.350 e. The van der Waals surface area contributed by atoms with Gasteiger partial charge in [0, 0.05) is 27.5 Å². The standard InChI is InChI=1S/C39H62O6Si2/c1-24-26-22-29-32-28(41-34(42-29)25-18-16-15-17-19-25)21-20-27(40)31(32)33-39(38(26,11)12,23-30(24)43-46(13,14)35(2,3)4)45-47(44-33,36(5,6)7)37(8,9)10/h15-19,27-30,33-34,40H,20-23H2,1-14H3/t27-,28+,29+,30+,33+,34+,39-/m1/s1. The van der Waals surface area contributed by atoms with Crippen molar-refractivity contribution >= 4 is 16.9 Å². The van der Waals surface area contributed by atoms with E-state index in [0.29, 0.717) is 19.3 Å². The highest BCUT2D eigenvalue weighted by molar-refractivity contribution is 6.74. The SMILES string of the molecule is CC1=C2C[C@@H]3O[C@@H](c4ccccc4)O[C@H]4CC[C@@H](O)C(=C43)[C@@H]3O[Si](C(C)(C)C)(C(C)(C)C)O[C@@]3(C[C@@H]1O[Si](C)(C)C(C)(C)C)C2(C)C. The minimum absolute atomic E-state index is 0.0572. The van der Waals surface area contributed by atoms with Crippen molar-refractivity contribution in [2.24, 2.45) is 5.41 Å². The summed E-state index contributed by atoms with van der Waals surface area (Å²) in [5.41, 5.74) is 4.59. The number of fused-ring (bicyclic) bond motifs is 2. The third-order valence-electron chi connectivity index (χ3n) is 12.9. The number of hydrogen-bond donors (Lipinski definition) is 1. The van der Waals surface area contributed by atoms with Gasteiger partial charge in [-0.3, -0.25) is 0 Å². The van der Waals surface area contributed by atoms with Gasteiger partial charge >= 0.3 is 8.56 Å². The number of rotatable bonds is 3. The van der Waals surface area contributed by atoms with Crippen molar-refractivity contribution < 1.29 is 27.9 Å². The summed E-state index contributed by atoms with van der Waals surface area (Å²) in [6, 6.07) is 10.3. The molecule has 1 aromatic carbocycles. The van der Waals surface area contributed by atoms with Gasteiger partial charge in [0.15, 0.2) is 14.6 Å². The van der Waals surface area contributed by atoms with Crippen LogP contribution in [-0.4, -0.2) is 58.1 Å². The van der Waals surface area contributed by atoms with E-state index in [9.17, 15) is 5.11 Å². The van der Waals surface area contributed by atoms with E-state index in [-0.39, 0.29) is 33.4 Å². The number of ether oxygens (including phenoxy) is 2. The molecule has 47 heavy (non-hydrogen) atoms. The van der Waals surface area contributed by atoms with E-state index < -0.39 is 46.4 Å². The smallest absolute Gasteiger partial charge is 0.350 e. The zero-order chi connectivity index (χ0) is 34.8. The van der Waals surface area contributed by atoms with Crippen LogP contribution in [0.25, 0.3) is 0 Å². The van der Waals surface area contributed by atoms with E-state index in [1.807, 2.05) is 18.2 Å². The first-order chi connectivity index (χ1) is 21.5. The summed E-state index contributed by atoms with van der Waals surface area (Å²) in [5.74, 6) is 0. The minimum atomic E-state index is -3.04. The largest absolute Gasteiger partial charge is 0.410 e. The van der Waals surface area contributed by atoms with Crippen LogP contribution in [0.4, 0.5) is 0 Å². The highest BCUT2D eigenvalue weighted by Gasteiger charge is 2.75. The molecule has 3 aliphatic carbocycles. The molecule has 7 atom stereocenters. The monoisotopic (exact) mass is 682 g/mol. The Balaban J connectivity index is 1.62. The molecule has 0 unspecified atom stereocenters. The summed E-state index contributed by atoms with van der Waals surface area (Å²) < 4.78 is 36.9. The van der Waals surface area contributed by atoms with Crippen LogP contribution in [0.2, 0.25) is 28.2 Å². The molecule has 2 aliphatic heterocycles. The molecular weight excluding hydrogens is 621 g/mol. The quantitative estimate of drug-likeness (QED) is 0.253. The van der Waals surface area contributed by atoms with E-state index in [1.54, 1.807) is 0 Å². The zero-order valence-electron chi connectivity index (χ0n) is 31.7. The first-order valence-corrected chi connectivity index (χ1v) is 22.7. The lowest BCUT2D eigenvalue weighted by atomic mass is 9.55. The molecular formula is C39H62O6Si2. The van der Waals surface area contributed by atoms with Gasteiger partial charge in [0.25, 0.3) is 0 Å². The summed E-state index contributed by atoms with van der Waals surface area (Å²) in [7, 11) is -5.21. The Morgan fingerprint density at radius 2 is 1.47 bits per heavy atom. The second kappa shape index (κ2) is 11.2.